The van der Waals surface area contributed by atoms with E-state index >= 15 is 0 Å². The molecule has 1 aliphatic heterocycles. The van der Waals surface area contributed by atoms with E-state index in [0.29, 0.717) is 31.9 Å². The normalized spacial score (nSPS) is 14.4. The van der Waals surface area contributed by atoms with E-state index in [1.165, 1.54) is 6.07 Å². The molecule has 7 heteroatoms. The zero-order chi connectivity index (χ0) is 13.8. The van der Waals surface area contributed by atoms with E-state index < -0.39 is 4.92 Å². The van der Waals surface area contributed by atoms with Crippen LogP contribution in [0.5, 0.6) is 0 Å². The highest BCUT2D eigenvalue weighted by atomic mass is 16.6. The van der Waals surface area contributed by atoms with E-state index in [9.17, 15) is 14.9 Å². The molecule has 0 unspecified atom stereocenters. The summed E-state index contributed by atoms with van der Waals surface area (Å²) in [4.78, 5) is 23.4. The molecule has 1 heterocycles. The van der Waals surface area contributed by atoms with Gasteiger partial charge in [0.2, 0.25) is 0 Å². The fourth-order valence-electron chi connectivity index (χ4n) is 1.96. The highest BCUT2D eigenvalue weighted by molar-refractivity contribution is 5.69. The molecule has 1 N–H and O–H groups in total. The fourth-order valence-corrected chi connectivity index (χ4v) is 1.96. The largest absolute Gasteiger partial charge is 0.448 e. The number of nitrogens with zero attached hydrogens (tertiary/aromatic N) is 2. The molecule has 7 nitrogen and oxygen atoms in total. The Morgan fingerprint density at radius 3 is 2.89 bits per heavy atom. The molecule has 2 rings (SSSR count). The number of nitrogens with one attached hydrogen (secondary N) is 1. The van der Waals surface area contributed by atoms with Gasteiger partial charge < -0.3 is 15.0 Å². The van der Waals surface area contributed by atoms with Crippen LogP contribution in [0.15, 0.2) is 18.2 Å². The van der Waals surface area contributed by atoms with E-state index in [2.05, 4.69) is 5.32 Å². The van der Waals surface area contributed by atoms with Crippen LogP contribution in [-0.4, -0.2) is 35.6 Å². The number of cyclic esters (lactones) is 1. The third kappa shape index (κ3) is 2.93. The second kappa shape index (κ2) is 5.55. The summed E-state index contributed by atoms with van der Waals surface area (Å²) >= 11 is 0. The Hall–Kier alpha value is -2.31. The number of nitro benzene ring substituents is 1. The molecular weight excluding hydrogens is 250 g/mol. The third-order valence-electron chi connectivity index (χ3n) is 2.84. The van der Waals surface area contributed by atoms with Gasteiger partial charge in [-0.3, -0.25) is 10.1 Å². The summed E-state index contributed by atoms with van der Waals surface area (Å²) in [6, 6.07) is 4.81. The molecule has 1 fully saturated rings. The molecule has 1 amide bonds. The molecule has 1 aromatic carbocycles. The maximum atomic E-state index is 11.3. The quantitative estimate of drug-likeness (QED) is 0.650. The van der Waals surface area contributed by atoms with Crippen LogP contribution in [0.1, 0.15) is 12.5 Å². The van der Waals surface area contributed by atoms with E-state index in [0.717, 1.165) is 5.56 Å². The van der Waals surface area contributed by atoms with Gasteiger partial charge in [-0.25, -0.2) is 4.79 Å². The standard InChI is InChI=1S/C12H15N3O4/c1-2-13-10-7-9(3-4-11(10)15(17)18)8-14-5-6-19-12(14)16/h3-4,7,13H,2,5-6,8H2,1H3. The molecule has 0 atom stereocenters. The smallest absolute Gasteiger partial charge is 0.410 e. The van der Waals surface area contributed by atoms with Crippen LogP contribution in [0.2, 0.25) is 0 Å². The Kier molecular flexibility index (Phi) is 3.84. The summed E-state index contributed by atoms with van der Waals surface area (Å²) < 4.78 is 4.84. The molecule has 1 aliphatic rings. The van der Waals surface area contributed by atoms with Crippen LogP contribution in [-0.2, 0) is 11.3 Å². The average molecular weight is 265 g/mol. The van der Waals surface area contributed by atoms with Crippen molar-refractivity contribution in [1.29, 1.82) is 0 Å². The predicted molar refractivity (Wildman–Crippen MR) is 69.0 cm³/mol. The van der Waals surface area contributed by atoms with E-state index in [1.807, 2.05) is 6.92 Å². The second-order valence-corrected chi connectivity index (χ2v) is 4.17. The highest BCUT2D eigenvalue weighted by Gasteiger charge is 2.22. The molecular formula is C12H15N3O4. The van der Waals surface area contributed by atoms with Crippen molar-refractivity contribution in [3.63, 3.8) is 0 Å². The fraction of sp³-hybridized carbons (Fsp3) is 0.417. The van der Waals surface area contributed by atoms with Crippen molar-refractivity contribution in [3.8, 4) is 0 Å². The van der Waals surface area contributed by atoms with Crippen LogP contribution in [0.25, 0.3) is 0 Å². The van der Waals surface area contributed by atoms with Crippen LogP contribution in [0, 0.1) is 10.1 Å². The molecule has 0 spiro atoms. The molecule has 102 valence electrons. The van der Waals surface area contributed by atoms with E-state index in [-0.39, 0.29) is 11.8 Å². The molecule has 0 saturated carbocycles. The number of hydrogen-bond donors (Lipinski definition) is 1. The Bertz CT molecular complexity index is 504. The predicted octanol–water partition coefficient (Wildman–Crippen LogP) is 1.98. The van der Waals surface area contributed by atoms with Crippen LogP contribution in [0.3, 0.4) is 0 Å². The van der Waals surface area contributed by atoms with Gasteiger partial charge in [0.25, 0.3) is 5.69 Å². The number of benzene rings is 1. The third-order valence-corrected chi connectivity index (χ3v) is 2.84. The van der Waals surface area contributed by atoms with Crippen LogP contribution >= 0.6 is 0 Å². The number of anilines is 1. The summed E-state index contributed by atoms with van der Waals surface area (Å²) in [6.07, 6.45) is -0.344. The minimum Gasteiger partial charge on any atom is -0.448 e. The number of amides is 1. The average Bonchev–Trinajstić information content (AvgIpc) is 2.75. The zero-order valence-corrected chi connectivity index (χ0v) is 10.6. The number of nitro groups is 1. The van der Waals surface area contributed by atoms with E-state index in [1.54, 1.807) is 17.0 Å². The van der Waals surface area contributed by atoms with Gasteiger partial charge in [-0.2, -0.15) is 0 Å². The first-order chi connectivity index (χ1) is 9.11. The lowest BCUT2D eigenvalue weighted by atomic mass is 10.1. The Morgan fingerprint density at radius 1 is 1.53 bits per heavy atom. The van der Waals surface area contributed by atoms with Crippen molar-refractivity contribution < 1.29 is 14.5 Å². The minimum absolute atomic E-state index is 0.0367. The zero-order valence-electron chi connectivity index (χ0n) is 10.6. The first-order valence-electron chi connectivity index (χ1n) is 6.04. The lowest BCUT2D eigenvalue weighted by Crippen LogP contribution is -2.23. The van der Waals surface area contributed by atoms with Crippen LogP contribution < -0.4 is 5.32 Å². The van der Waals surface area contributed by atoms with Crippen molar-refractivity contribution in [2.75, 3.05) is 25.0 Å². The van der Waals surface area contributed by atoms with Crippen LogP contribution in [0.4, 0.5) is 16.2 Å². The van der Waals surface area contributed by atoms with Gasteiger partial charge in [0, 0.05) is 19.2 Å². The first kappa shape index (κ1) is 13.1. The van der Waals surface area contributed by atoms with Gasteiger partial charge in [-0.1, -0.05) is 6.07 Å². The van der Waals surface area contributed by atoms with Crippen molar-refractivity contribution in [1.82, 2.24) is 4.90 Å². The summed E-state index contributed by atoms with van der Waals surface area (Å²) in [6.45, 7) is 3.80. The molecule has 19 heavy (non-hydrogen) atoms. The molecule has 0 bridgehead atoms. The maximum Gasteiger partial charge on any atom is 0.410 e. The van der Waals surface area contributed by atoms with Gasteiger partial charge in [0.05, 0.1) is 11.5 Å². The number of rotatable bonds is 5. The molecule has 0 radical (unpaired) electrons. The minimum atomic E-state index is -0.425. The van der Waals surface area contributed by atoms with Gasteiger partial charge >= 0.3 is 6.09 Å². The summed E-state index contributed by atoms with van der Waals surface area (Å²) in [5.41, 5.74) is 1.34. The van der Waals surface area contributed by atoms with E-state index in [4.69, 9.17) is 4.74 Å². The molecule has 1 saturated heterocycles. The first-order valence-corrected chi connectivity index (χ1v) is 6.04. The SMILES string of the molecule is CCNc1cc(CN2CCOC2=O)ccc1[N+](=O)[O-]. The lowest BCUT2D eigenvalue weighted by molar-refractivity contribution is -0.384. The second-order valence-electron chi connectivity index (χ2n) is 4.17. The Labute approximate surface area is 110 Å². The summed E-state index contributed by atoms with van der Waals surface area (Å²) in [5, 5.41) is 13.8. The van der Waals surface area contributed by atoms with Crippen molar-refractivity contribution in [2.45, 2.75) is 13.5 Å². The molecule has 0 aromatic heterocycles. The summed E-state index contributed by atoms with van der Waals surface area (Å²) in [7, 11) is 0. The van der Waals surface area contributed by atoms with Crippen molar-refractivity contribution in [3.05, 3.63) is 33.9 Å². The van der Waals surface area contributed by atoms with Gasteiger partial charge in [-0.15, -0.1) is 0 Å². The Balaban J connectivity index is 2.19. The van der Waals surface area contributed by atoms with Gasteiger partial charge in [0.1, 0.15) is 12.3 Å². The highest BCUT2D eigenvalue weighted by Crippen LogP contribution is 2.26. The monoisotopic (exact) mass is 265 g/mol. The Morgan fingerprint density at radius 2 is 2.32 bits per heavy atom. The number of ether oxygens (including phenoxy) is 1. The van der Waals surface area contributed by atoms with Crippen molar-refractivity contribution >= 4 is 17.5 Å². The number of hydrogen-bond acceptors (Lipinski definition) is 5. The molecule has 1 aromatic rings. The lowest BCUT2D eigenvalue weighted by Gasteiger charge is -2.13. The topological polar surface area (TPSA) is 84.7 Å². The number of carbonyl (C=O) groups is 1. The molecule has 0 aliphatic carbocycles. The summed E-state index contributed by atoms with van der Waals surface area (Å²) in [5.74, 6) is 0. The number of carbonyl (C=O) groups excluding carboxylic acids is 1. The van der Waals surface area contributed by atoms with Gasteiger partial charge in [-0.05, 0) is 18.6 Å². The van der Waals surface area contributed by atoms with Gasteiger partial charge in [0.15, 0.2) is 0 Å². The maximum absolute atomic E-state index is 11.3. The van der Waals surface area contributed by atoms with Crippen molar-refractivity contribution in [2.24, 2.45) is 0 Å².